The van der Waals surface area contributed by atoms with Gasteiger partial charge in [-0.3, -0.25) is 4.90 Å². The molecule has 0 aromatic heterocycles. The number of piperidine rings is 2. The Labute approximate surface area is 110 Å². The van der Waals surface area contributed by atoms with Crippen LogP contribution in [-0.2, 0) is 4.74 Å². The lowest BCUT2D eigenvalue weighted by molar-refractivity contribution is -0.0328. The van der Waals surface area contributed by atoms with Gasteiger partial charge in [-0.15, -0.1) is 0 Å². The Bertz CT molecular complexity index is 308. The molecule has 0 amide bonds. The van der Waals surface area contributed by atoms with Crippen LogP contribution in [0.3, 0.4) is 0 Å². The Morgan fingerprint density at radius 1 is 1.00 bits per heavy atom. The fourth-order valence-electron chi connectivity index (χ4n) is 5.12. The predicted molar refractivity (Wildman–Crippen MR) is 71.6 cm³/mol. The summed E-state index contributed by atoms with van der Waals surface area (Å²) in [6.45, 7) is 0. The molecule has 4 saturated heterocycles. The molecule has 0 radical (unpaired) electrons. The van der Waals surface area contributed by atoms with Crippen LogP contribution in [0.5, 0.6) is 0 Å². The van der Waals surface area contributed by atoms with Crippen LogP contribution >= 0.6 is 0 Å². The molecule has 4 heterocycles. The Morgan fingerprint density at radius 2 is 1.78 bits per heavy atom. The Balaban J connectivity index is 1.54. The second kappa shape index (κ2) is 4.46. The molecule has 5 unspecified atom stereocenters. The molecule has 102 valence electrons. The summed E-state index contributed by atoms with van der Waals surface area (Å²) in [5.74, 6) is 0. The highest BCUT2D eigenvalue weighted by molar-refractivity contribution is 5.03. The van der Waals surface area contributed by atoms with E-state index >= 15 is 0 Å². The van der Waals surface area contributed by atoms with Crippen LogP contribution in [0.25, 0.3) is 0 Å². The van der Waals surface area contributed by atoms with E-state index in [0.717, 1.165) is 24.2 Å². The third-order valence-electron chi connectivity index (χ3n) is 5.90. The minimum atomic E-state index is 0.573. The van der Waals surface area contributed by atoms with Gasteiger partial charge in [0.1, 0.15) is 0 Å². The van der Waals surface area contributed by atoms with Crippen LogP contribution in [0.4, 0.5) is 0 Å². The van der Waals surface area contributed by atoms with Crippen molar-refractivity contribution >= 4 is 0 Å². The zero-order chi connectivity index (χ0) is 12.1. The van der Waals surface area contributed by atoms with Crippen LogP contribution in [-0.4, -0.2) is 48.3 Å². The number of ether oxygens (including phenoxy) is 1. The quantitative estimate of drug-likeness (QED) is 0.810. The fourth-order valence-corrected chi connectivity index (χ4v) is 5.12. The van der Waals surface area contributed by atoms with Crippen LogP contribution in [0, 0.1) is 0 Å². The van der Waals surface area contributed by atoms with E-state index < -0.39 is 0 Å². The summed E-state index contributed by atoms with van der Waals surface area (Å²) in [6.07, 6.45) is 12.1. The number of hydrogen-bond donors (Lipinski definition) is 1. The van der Waals surface area contributed by atoms with Gasteiger partial charge in [-0.1, -0.05) is 6.42 Å². The normalized spacial score (nSPS) is 51.8. The molecule has 0 aliphatic carbocycles. The molecular weight excluding hydrogens is 224 g/mol. The van der Waals surface area contributed by atoms with Crippen molar-refractivity contribution in [3.05, 3.63) is 0 Å². The minimum absolute atomic E-state index is 0.573. The zero-order valence-corrected chi connectivity index (χ0v) is 11.5. The molecule has 4 aliphatic heterocycles. The van der Waals surface area contributed by atoms with Crippen molar-refractivity contribution in [1.29, 1.82) is 0 Å². The van der Waals surface area contributed by atoms with Crippen molar-refractivity contribution in [2.45, 2.75) is 87.7 Å². The molecule has 0 aromatic carbocycles. The highest BCUT2D eigenvalue weighted by Gasteiger charge is 2.49. The smallest absolute Gasteiger partial charge is 0.0736 e. The van der Waals surface area contributed by atoms with E-state index in [9.17, 15) is 0 Å². The summed E-state index contributed by atoms with van der Waals surface area (Å²) >= 11 is 0. The SMILES string of the molecule is CNC1CC2CCCC(C1)N2C1CC2CCC1O2. The second-order valence-electron chi connectivity index (χ2n) is 6.82. The summed E-state index contributed by atoms with van der Waals surface area (Å²) in [7, 11) is 2.14. The lowest BCUT2D eigenvalue weighted by Gasteiger charge is -2.52. The van der Waals surface area contributed by atoms with Gasteiger partial charge in [0.2, 0.25) is 0 Å². The van der Waals surface area contributed by atoms with E-state index in [2.05, 4.69) is 17.3 Å². The molecule has 18 heavy (non-hydrogen) atoms. The van der Waals surface area contributed by atoms with E-state index in [-0.39, 0.29) is 0 Å². The molecule has 3 nitrogen and oxygen atoms in total. The highest BCUT2D eigenvalue weighted by atomic mass is 16.5. The Hall–Kier alpha value is -0.120. The standard InChI is InChI=1S/C15H26N2O/c1-16-10-7-11-3-2-4-12(8-10)17(11)14-9-13-5-6-15(14)18-13/h10-16H,2-9H2,1H3. The molecule has 4 bridgehead atoms. The van der Waals surface area contributed by atoms with E-state index in [0.29, 0.717) is 12.2 Å². The number of hydrogen-bond acceptors (Lipinski definition) is 3. The summed E-state index contributed by atoms with van der Waals surface area (Å²) in [4.78, 5) is 2.90. The monoisotopic (exact) mass is 250 g/mol. The molecule has 0 spiro atoms. The van der Waals surface area contributed by atoms with E-state index in [4.69, 9.17) is 4.74 Å². The van der Waals surface area contributed by atoms with Gasteiger partial charge < -0.3 is 10.1 Å². The number of rotatable bonds is 2. The van der Waals surface area contributed by atoms with Gasteiger partial charge in [0.05, 0.1) is 12.2 Å². The van der Waals surface area contributed by atoms with E-state index in [1.807, 2.05) is 0 Å². The van der Waals surface area contributed by atoms with Gasteiger partial charge in [0.25, 0.3) is 0 Å². The van der Waals surface area contributed by atoms with Gasteiger partial charge >= 0.3 is 0 Å². The van der Waals surface area contributed by atoms with Gasteiger partial charge in [-0.25, -0.2) is 0 Å². The van der Waals surface area contributed by atoms with Crippen molar-refractivity contribution in [3.8, 4) is 0 Å². The van der Waals surface area contributed by atoms with Crippen LogP contribution in [0.2, 0.25) is 0 Å². The third kappa shape index (κ3) is 1.75. The third-order valence-corrected chi connectivity index (χ3v) is 5.90. The first-order chi connectivity index (χ1) is 8.85. The van der Waals surface area contributed by atoms with Crippen molar-refractivity contribution in [2.24, 2.45) is 0 Å². The molecule has 5 atom stereocenters. The van der Waals surface area contributed by atoms with Crippen LogP contribution in [0.1, 0.15) is 51.4 Å². The highest BCUT2D eigenvalue weighted by Crippen LogP contribution is 2.44. The Kier molecular flexibility index (Phi) is 2.90. The summed E-state index contributed by atoms with van der Waals surface area (Å²) in [5, 5.41) is 3.52. The largest absolute Gasteiger partial charge is 0.373 e. The molecule has 4 aliphatic rings. The van der Waals surface area contributed by atoms with Gasteiger partial charge in [0, 0.05) is 24.2 Å². The zero-order valence-electron chi connectivity index (χ0n) is 11.5. The van der Waals surface area contributed by atoms with E-state index in [1.54, 1.807) is 0 Å². The van der Waals surface area contributed by atoms with Gasteiger partial charge in [-0.2, -0.15) is 0 Å². The fraction of sp³-hybridized carbons (Fsp3) is 1.00. The summed E-state index contributed by atoms with van der Waals surface area (Å²) < 4.78 is 6.10. The second-order valence-corrected chi connectivity index (χ2v) is 6.82. The lowest BCUT2D eigenvalue weighted by atomic mass is 9.78. The summed E-state index contributed by atoms with van der Waals surface area (Å²) in [5.41, 5.74) is 0. The topological polar surface area (TPSA) is 24.5 Å². The van der Waals surface area contributed by atoms with Gasteiger partial charge in [0.15, 0.2) is 0 Å². The maximum Gasteiger partial charge on any atom is 0.0736 e. The van der Waals surface area contributed by atoms with Crippen LogP contribution < -0.4 is 5.32 Å². The molecule has 1 N–H and O–H groups in total. The van der Waals surface area contributed by atoms with Crippen molar-refractivity contribution < 1.29 is 4.74 Å². The molecule has 4 fully saturated rings. The number of nitrogens with zero attached hydrogens (tertiary/aromatic N) is 1. The molecule has 0 saturated carbocycles. The lowest BCUT2D eigenvalue weighted by Crippen LogP contribution is -2.61. The van der Waals surface area contributed by atoms with Gasteiger partial charge in [-0.05, 0) is 52.0 Å². The van der Waals surface area contributed by atoms with Crippen molar-refractivity contribution in [1.82, 2.24) is 10.2 Å². The van der Waals surface area contributed by atoms with Crippen LogP contribution in [0.15, 0.2) is 0 Å². The average Bonchev–Trinajstić information content (AvgIpc) is 2.99. The average molecular weight is 250 g/mol. The first kappa shape index (κ1) is 11.7. The molecule has 4 rings (SSSR count). The van der Waals surface area contributed by atoms with Crippen molar-refractivity contribution in [2.75, 3.05) is 7.05 Å². The number of fused-ring (bicyclic) bond motifs is 4. The Morgan fingerprint density at radius 3 is 2.33 bits per heavy atom. The maximum atomic E-state index is 6.10. The molecule has 3 heteroatoms. The van der Waals surface area contributed by atoms with E-state index in [1.165, 1.54) is 51.4 Å². The first-order valence-corrected chi connectivity index (χ1v) is 7.95. The molecule has 0 aromatic rings. The minimum Gasteiger partial charge on any atom is -0.373 e. The van der Waals surface area contributed by atoms with Crippen molar-refractivity contribution in [3.63, 3.8) is 0 Å². The molecular formula is C15H26N2O. The summed E-state index contributed by atoms with van der Waals surface area (Å²) in [6, 6.07) is 3.19. The number of nitrogens with one attached hydrogen (secondary N) is 1. The predicted octanol–water partition coefficient (Wildman–Crippen LogP) is 1.91. The first-order valence-electron chi connectivity index (χ1n) is 7.95. The maximum absolute atomic E-state index is 6.10.